The average Bonchev–Trinajstić information content (AvgIpc) is 2.78. The smallest absolute Gasteiger partial charge is 0.143 e. The first kappa shape index (κ1) is 19.4. The van der Waals surface area contributed by atoms with Crippen LogP contribution in [0.15, 0.2) is 99.3 Å². The van der Waals surface area contributed by atoms with Gasteiger partial charge in [-0.15, -0.1) is 5.11 Å². The van der Waals surface area contributed by atoms with Gasteiger partial charge in [0.25, 0.3) is 0 Å². The summed E-state index contributed by atoms with van der Waals surface area (Å²) in [5.74, 6) is 0.0964. The lowest BCUT2D eigenvalue weighted by atomic mass is 10.1. The summed E-state index contributed by atoms with van der Waals surface area (Å²) in [5, 5.41) is 29.4. The van der Waals surface area contributed by atoms with Gasteiger partial charge in [0.05, 0.1) is 17.1 Å². The van der Waals surface area contributed by atoms with Gasteiger partial charge in [-0.2, -0.15) is 15.3 Å². The van der Waals surface area contributed by atoms with Crippen molar-refractivity contribution in [2.24, 2.45) is 26.2 Å². The first-order valence-corrected chi connectivity index (χ1v) is 9.58. The number of benzene rings is 4. The fourth-order valence-electron chi connectivity index (χ4n) is 3.16. The van der Waals surface area contributed by atoms with Gasteiger partial charge in [-0.3, -0.25) is 0 Å². The minimum absolute atomic E-state index is 0.0964. The summed E-state index contributed by atoms with van der Waals surface area (Å²) >= 11 is 0. The molecule has 4 rings (SSSR count). The molecule has 0 atom stereocenters. The highest BCUT2D eigenvalue weighted by molar-refractivity contribution is 5.95. The molecule has 4 aromatic rings. The van der Waals surface area contributed by atoms with Crippen LogP contribution in [0.25, 0.3) is 10.8 Å². The minimum atomic E-state index is 0.0964. The Morgan fingerprint density at radius 3 is 2.37 bits per heavy atom. The molecule has 0 aliphatic heterocycles. The maximum Gasteiger partial charge on any atom is 0.143 e. The number of fused-ring (bicyclic) bond motifs is 1. The van der Waals surface area contributed by atoms with E-state index in [-0.39, 0.29) is 5.75 Å². The fourth-order valence-corrected chi connectivity index (χ4v) is 3.16. The van der Waals surface area contributed by atoms with Crippen molar-refractivity contribution < 1.29 is 5.11 Å². The van der Waals surface area contributed by atoms with Crippen LogP contribution in [0, 0.1) is 6.92 Å². The van der Waals surface area contributed by atoms with Crippen molar-refractivity contribution in [3.05, 3.63) is 90.0 Å². The number of azo groups is 2. The molecule has 0 spiro atoms. The minimum Gasteiger partial charge on any atom is -0.506 e. The molecule has 0 saturated carbocycles. The van der Waals surface area contributed by atoms with E-state index in [2.05, 4.69) is 20.5 Å². The molecule has 0 aliphatic rings. The summed E-state index contributed by atoms with van der Waals surface area (Å²) in [6.45, 7) is 2.35. The molecule has 6 nitrogen and oxygen atoms in total. The van der Waals surface area contributed by atoms with Crippen molar-refractivity contribution in [3.8, 4) is 5.75 Å². The van der Waals surface area contributed by atoms with E-state index in [1.807, 2.05) is 79.7 Å². The van der Waals surface area contributed by atoms with Crippen LogP contribution in [-0.4, -0.2) is 5.11 Å². The number of phenolic OH excluding ortho intramolecular Hbond substituents is 1. The third-order valence-corrected chi connectivity index (χ3v) is 4.80. The van der Waals surface area contributed by atoms with Crippen molar-refractivity contribution in [3.63, 3.8) is 0 Å². The topological polar surface area (TPSA) is 95.7 Å². The van der Waals surface area contributed by atoms with E-state index in [1.54, 1.807) is 6.07 Å². The van der Waals surface area contributed by atoms with Crippen LogP contribution in [0.3, 0.4) is 0 Å². The molecule has 0 radical (unpaired) electrons. The highest BCUT2D eigenvalue weighted by Gasteiger charge is 2.06. The maximum absolute atomic E-state index is 10.2. The summed E-state index contributed by atoms with van der Waals surface area (Å²) < 4.78 is 0. The molecule has 0 bridgehead atoms. The van der Waals surface area contributed by atoms with Gasteiger partial charge in [0, 0.05) is 11.9 Å². The molecule has 0 fully saturated rings. The lowest BCUT2D eigenvalue weighted by Gasteiger charge is -2.05. The van der Waals surface area contributed by atoms with Crippen molar-refractivity contribution >= 4 is 33.5 Å². The van der Waals surface area contributed by atoms with E-state index in [1.165, 1.54) is 0 Å². The van der Waals surface area contributed by atoms with Gasteiger partial charge in [0.2, 0.25) is 0 Å². The van der Waals surface area contributed by atoms with Crippen LogP contribution in [-0.2, 0) is 6.54 Å². The molecule has 3 N–H and O–H groups in total. The highest BCUT2D eigenvalue weighted by Crippen LogP contribution is 2.36. The third kappa shape index (κ3) is 4.09. The van der Waals surface area contributed by atoms with Crippen LogP contribution in [0.4, 0.5) is 22.7 Å². The summed E-state index contributed by atoms with van der Waals surface area (Å²) in [5.41, 5.74) is 10.2. The zero-order valence-electron chi connectivity index (χ0n) is 16.5. The average molecular weight is 395 g/mol. The molecule has 6 heteroatoms. The first-order chi connectivity index (χ1) is 14.7. The van der Waals surface area contributed by atoms with Crippen LogP contribution in [0.1, 0.15) is 11.1 Å². The van der Waals surface area contributed by atoms with E-state index >= 15 is 0 Å². The lowest BCUT2D eigenvalue weighted by Crippen LogP contribution is -1.95. The van der Waals surface area contributed by atoms with Crippen molar-refractivity contribution in [1.82, 2.24) is 0 Å². The summed E-state index contributed by atoms with van der Waals surface area (Å²) in [7, 11) is 0. The van der Waals surface area contributed by atoms with Crippen LogP contribution in [0.5, 0.6) is 5.75 Å². The largest absolute Gasteiger partial charge is 0.506 e. The molecule has 0 saturated heterocycles. The van der Waals surface area contributed by atoms with Crippen LogP contribution in [0.2, 0.25) is 0 Å². The Balaban J connectivity index is 1.60. The van der Waals surface area contributed by atoms with Gasteiger partial charge < -0.3 is 10.8 Å². The Morgan fingerprint density at radius 2 is 1.53 bits per heavy atom. The molecule has 30 heavy (non-hydrogen) atoms. The molecule has 0 unspecified atom stereocenters. The molecule has 0 aliphatic carbocycles. The number of rotatable bonds is 5. The second-order valence-electron chi connectivity index (χ2n) is 6.86. The molecule has 148 valence electrons. The fraction of sp³-hybridized carbons (Fsp3) is 0.0833. The molecular weight excluding hydrogens is 374 g/mol. The standard InChI is InChI=1S/C24H21N5O/c1-16-14-19(26-28-22-9-5-3-7-18(22)15-25)11-12-21(16)27-29-24-20-8-4-2-6-17(20)10-13-23(24)30/h2-14,30H,15,25H2,1H3. The van der Waals surface area contributed by atoms with Gasteiger partial charge in [-0.05, 0) is 53.8 Å². The molecule has 0 amide bonds. The summed E-state index contributed by atoms with van der Waals surface area (Å²) in [4.78, 5) is 0. The van der Waals surface area contributed by atoms with Crippen molar-refractivity contribution in [2.45, 2.75) is 13.5 Å². The van der Waals surface area contributed by atoms with E-state index in [9.17, 15) is 5.11 Å². The first-order valence-electron chi connectivity index (χ1n) is 9.58. The highest BCUT2D eigenvalue weighted by atomic mass is 16.3. The SMILES string of the molecule is Cc1cc(N=Nc2ccccc2CN)ccc1N=Nc1c(O)ccc2ccccc12. The van der Waals surface area contributed by atoms with Gasteiger partial charge in [0.15, 0.2) is 0 Å². The molecule has 0 aromatic heterocycles. The van der Waals surface area contributed by atoms with Gasteiger partial charge in [-0.1, -0.05) is 48.5 Å². The Kier molecular flexibility index (Phi) is 5.59. The number of nitrogens with zero attached hydrogens (tertiary/aromatic N) is 4. The van der Waals surface area contributed by atoms with E-state index in [0.29, 0.717) is 23.6 Å². The molecular formula is C24H21N5O. The van der Waals surface area contributed by atoms with Crippen LogP contribution >= 0.6 is 0 Å². The monoisotopic (exact) mass is 395 g/mol. The number of hydrogen-bond acceptors (Lipinski definition) is 6. The summed E-state index contributed by atoms with van der Waals surface area (Å²) in [6.07, 6.45) is 0. The van der Waals surface area contributed by atoms with Gasteiger partial charge in [0.1, 0.15) is 11.4 Å². The predicted octanol–water partition coefficient (Wildman–Crippen LogP) is 7.14. The van der Waals surface area contributed by atoms with Gasteiger partial charge >= 0.3 is 0 Å². The second kappa shape index (κ2) is 8.63. The lowest BCUT2D eigenvalue weighted by molar-refractivity contribution is 0.477. The number of aryl methyl sites for hydroxylation is 1. The Hall–Kier alpha value is -3.90. The maximum atomic E-state index is 10.2. The Labute approximate surface area is 174 Å². The Bertz CT molecular complexity index is 1260. The van der Waals surface area contributed by atoms with E-state index in [4.69, 9.17) is 5.73 Å². The number of nitrogens with two attached hydrogens (primary N) is 1. The van der Waals surface area contributed by atoms with E-state index < -0.39 is 0 Å². The third-order valence-electron chi connectivity index (χ3n) is 4.80. The summed E-state index contributed by atoms with van der Waals surface area (Å²) in [6, 6.07) is 24.5. The van der Waals surface area contributed by atoms with E-state index in [0.717, 1.165) is 27.6 Å². The van der Waals surface area contributed by atoms with Crippen molar-refractivity contribution in [2.75, 3.05) is 0 Å². The molecule has 0 heterocycles. The molecule has 4 aromatic carbocycles. The number of aromatic hydroxyl groups is 1. The van der Waals surface area contributed by atoms with Crippen LogP contribution < -0.4 is 5.73 Å². The normalized spacial score (nSPS) is 11.7. The predicted molar refractivity (Wildman–Crippen MR) is 119 cm³/mol. The quantitative estimate of drug-likeness (QED) is 0.351. The Morgan fingerprint density at radius 1 is 0.767 bits per heavy atom. The van der Waals surface area contributed by atoms with Crippen molar-refractivity contribution in [1.29, 1.82) is 0 Å². The zero-order chi connectivity index (χ0) is 20.9. The van der Waals surface area contributed by atoms with Gasteiger partial charge in [-0.25, -0.2) is 0 Å². The number of hydrogen-bond donors (Lipinski definition) is 2. The number of phenols is 1. The second-order valence-corrected chi connectivity index (χ2v) is 6.86. The zero-order valence-corrected chi connectivity index (χ0v) is 16.5.